The van der Waals surface area contributed by atoms with Crippen LogP contribution in [0.1, 0.15) is 22.8 Å². The zero-order valence-electron chi connectivity index (χ0n) is 12.1. The van der Waals surface area contributed by atoms with Crippen LogP contribution in [0.4, 0.5) is 0 Å². The number of aliphatic imine (C=N–C) groups is 1. The van der Waals surface area contributed by atoms with Crippen molar-refractivity contribution < 1.29 is 14.3 Å². The number of carbonyl (C=O) groups excluding carboxylic acids is 2. The van der Waals surface area contributed by atoms with Crippen LogP contribution in [0.5, 0.6) is 0 Å². The van der Waals surface area contributed by atoms with Crippen molar-refractivity contribution in [1.82, 2.24) is 5.32 Å². The van der Waals surface area contributed by atoms with E-state index in [-0.39, 0.29) is 23.2 Å². The number of amides is 1. The lowest BCUT2D eigenvalue weighted by Crippen LogP contribution is -2.36. The van der Waals surface area contributed by atoms with Crippen LogP contribution in [0, 0.1) is 5.92 Å². The van der Waals surface area contributed by atoms with Crippen molar-refractivity contribution in [3.8, 4) is 0 Å². The topological polar surface area (TPSA) is 67.8 Å². The molecule has 114 valence electrons. The van der Waals surface area contributed by atoms with Crippen LogP contribution >= 0.6 is 11.8 Å². The van der Waals surface area contributed by atoms with Gasteiger partial charge in [0.25, 0.3) is 0 Å². The van der Waals surface area contributed by atoms with Crippen molar-refractivity contribution >= 4 is 30.0 Å². The van der Waals surface area contributed by atoms with E-state index >= 15 is 0 Å². The Bertz CT molecular complexity index is 652. The molecule has 6 heteroatoms. The molecule has 0 saturated heterocycles. The van der Waals surface area contributed by atoms with Gasteiger partial charge in [0.15, 0.2) is 0 Å². The molecular weight excluding hydrogens is 300 g/mol. The van der Waals surface area contributed by atoms with Crippen molar-refractivity contribution in [3.63, 3.8) is 0 Å². The first-order chi connectivity index (χ1) is 10.7. The number of allylic oxidation sites excluding steroid dienone is 1. The van der Waals surface area contributed by atoms with Gasteiger partial charge in [-0.3, -0.25) is 9.79 Å². The molecule has 22 heavy (non-hydrogen) atoms. The largest absolute Gasteiger partial charge is 0.462 e. The lowest BCUT2D eigenvalue weighted by molar-refractivity contribution is -0.122. The van der Waals surface area contributed by atoms with Gasteiger partial charge in [0.1, 0.15) is 5.37 Å². The van der Waals surface area contributed by atoms with Gasteiger partial charge in [-0.25, -0.2) is 4.79 Å². The van der Waals surface area contributed by atoms with E-state index in [9.17, 15) is 9.59 Å². The van der Waals surface area contributed by atoms with Crippen LogP contribution in [0.15, 0.2) is 40.2 Å². The number of hydrogen-bond acceptors (Lipinski definition) is 5. The molecule has 3 rings (SSSR count). The third-order valence-corrected chi connectivity index (χ3v) is 4.76. The van der Waals surface area contributed by atoms with E-state index in [1.54, 1.807) is 30.8 Å². The van der Waals surface area contributed by atoms with Crippen molar-refractivity contribution in [1.29, 1.82) is 0 Å². The molecule has 0 aliphatic carbocycles. The molecule has 2 unspecified atom stereocenters. The van der Waals surface area contributed by atoms with E-state index in [0.717, 1.165) is 16.9 Å². The van der Waals surface area contributed by atoms with Gasteiger partial charge in [-0.1, -0.05) is 18.2 Å². The highest BCUT2D eigenvalue weighted by Crippen LogP contribution is 2.39. The Balaban J connectivity index is 1.67. The first-order valence-corrected chi connectivity index (χ1v) is 8.01. The smallest absolute Gasteiger partial charge is 0.338 e. The second-order valence-electron chi connectivity index (χ2n) is 5.05. The Morgan fingerprint density at radius 1 is 1.36 bits per heavy atom. The van der Waals surface area contributed by atoms with Crippen LogP contribution < -0.4 is 5.32 Å². The van der Waals surface area contributed by atoms with Gasteiger partial charge < -0.3 is 10.1 Å². The fourth-order valence-corrected chi connectivity index (χ4v) is 3.68. The SMILES string of the molecule is CCOC(=O)c1ccc(CC2=CC3C(=O)NC=NC3S2)cc1. The second-order valence-corrected chi connectivity index (χ2v) is 6.29. The summed E-state index contributed by atoms with van der Waals surface area (Å²) in [6, 6.07) is 7.37. The number of hydrogen-bond donors (Lipinski definition) is 1. The monoisotopic (exact) mass is 316 g/mol. The fraction of sp³-hybridized carbons (Fsp3) is 0.312. The number of esters is 1. The van der Waals surface area contributed by atoms with Gasteiger partial charge >= 0.3 is 5.97 Å². The standard InChI is InChI=1S/C16H16N2O3S/c1-2-21-16(20)11-5-3-10(4-6-11)7-12-8-13-14(19)17-9-18-15(13)22-12/h3-6,8-9,13,15H,2,7H2,1H3,(H,17,18,19). The van der Waals surface area contributed by atoms with E-state index in [1.807, 2.05) is 18.2 Å². The average molecular weight is 316 g/mol. The maximum Gasteiger partial charge on any atom is 0.338 e. The van der Waals surface area contributed by atoms with Crippen LogP contribution in [-0.2, 0) is 16.0 Å². The summed E-state index contributed by atoms with van der Waals surface area (Å²) >= 11 is 1.62. The van der Waals surface area contributed by atoms with E-state index in [0.29, 0.717) is 12.2 Å². The minimum absolute atomic E-state index is 0.000147. The molecular formula is C16H16N2O3S. The maximum absolute atomic E-state index is 11.7. The number of fused-ring (bicyclic) bond motifs is 1. The average Bonchev–Trinajstić information content (AvgIpc) is 2.92. The Labute approximate surface area is 132 Å². The molecule has 1 N–H and O–H groups in total. The molecule has 2 aliphatic rings. The molecule has 1 aromatic carbocycles. The van der Waals surface area contributed by atoms with Crippen LogP contribution in [0.25, 0.3) is 0 Å². The molecule has 0 radical (unpaired) electrons. The molecule has 5 nitrogen and oxygen atoms in total. The summed E-state index contributed by atoms with van der Waals surface area (Å²) in [5.41, 5.74) is 1.64. The lowest BCUT2D eigenvalue weighted by atomic mass is 10.0. The van der Waals surface area contributed by atoms with Gasteiger partial charge in [-0.2, -0.15) is 0 Å². The summed E-state index contributed by atoms with van der Waals surface area (Å²) in [7, 11) is 0. The van der Waals surface area contributed by atoms with E-state index in [1.165, 1.54) is 6.34 Å². The highest BCUT2D eigenvalue weighted by atomic mass is 32.2. The maximum atomic E-state index is 11.7. The number of nitrogens with zero attached hydrogens (tertiary/aromatic N) is 1. The van der Waals surface area contributed by atoms with Gasteiger partial charge in [0, 0.05) is 6.42 Å². The zero-order chi connectivity index (χ0) is 15.5. The molecule has 1 aromatic rings. The Morgan fingerprint density at radius 2 is 2.14 bits per heavy atom. The van der Waals surface area contributed by atoms with Gasteiger partial charge in [0.2, 0.25) is 5.91 Å². The van der Waals surface area contributed by atoms with Crippen molar-refractivity contribution in [2.24, 2.45) is 10.9 Å². The number of carbonyl (C=O) groups is 2. The fourth-order valence-electron chi connectivity index (χ4n) is 2.42. The molecule has 1 amide bonds. The molecule has 2 atom stereocenters. The minimum atomic E-state index is -0.305. The van der Waals surface area contributed by atoms with Gasteiger partial charge in [0.05, 0.1) is 24.4 Å². The summed E-state index contributed by atoms with van der Waals surface area (Å²) in [6.07, 6.45) is 4.20. The number of thioether (sulfide) groups is 1. The highest BCUT2D eigenvalue weighted by Gasteiger charge is 2.35. The molecule has 2 heterocycles. The second kappa shape index (κ2) is 6.36. The Morgan fingerprint density at radius 3 is 2.82 bits per heavy atom. The van der Waals surface area contributed by atoms with Gasteiger partial charge in [-0.05, 0) is 29.5 Å². The molecule has 0 spiro atoms. The summed E-state index contributed by atoms with van der Waals surface area (Å²) in [5.74, 6) is -0.482. The summed E-state index contributed by atoms with van der Waals surface area (Å²) in [6.45, 7) is 2.16. The number of ether oxygens (including phenoxy) is 1. The molecule has 0 bridgehead atoms. The van der Waals surface area contributed by atoms with Crippen LogP contribution in [0.2, 0.25) is 0 Å². The van der Waals surface area contributed by atoms with Gasteiger partial charge in [-0.15, -0.1) is 11.8 Å². The van der Waals surface area contributed by atoms with Crippen molar-refractivity contribution in [3.05, 3.63) is 46.4 Å². The van der Waals surface area contributed by atoms with E-state index < -0.39 is 0 Å². The lowest BCUT2D eigenvalue weighted by Gasteiger charge is -2.17. The van der Waals surface area contributed by atoms with Crippen molar-refractivity contribution in [2.45, 2.75) is 18.7 Å². The van der Waals surface area contributed by atoms with Crippen LogP contribution in [0.3, 0.4) is 0 Å². The zero-order valence-corrected chi connectivity index (χ0v) is 12.9. The quantitative estimate of drug-likeness (QED) is 0.864. The Hall–Kier alpha value is -2.08. The third-order valence-electron chi connectivity index (χ3n) is 3.52. The first-order valence-electron chi connectivity index (χ1n) is 7.13. The minimum Gasteiger partial charge on any atom is -0.462 e. The van der Waals surface area contributed by atoms with Crippen LogP contribution in [-0.4, -0.2) is 30.2 Å². The van der Waals surface area contributed by atoms with Crippen molar-refractivity contribution in [2.75, 3.05) is 6.61 Å². The molecule has 0 aromatic heterocycles. The predicted octanol–water partition coefficient (Wildman–Crippen LogP) is 2.14. The summed E-state index contributed by atoms with van der Waals surface area (Å²) in [5, 5.41) is 2.59. The van der Waals surface area contributed by atoms with E-state index in [2.05, 4.69) is 10.3 Å². The number of rotatable bonds is 4. The highest BCUT2D eigenvalue weighted by molar-refractivity contribution is 8.04. The van der Waals surface area contributed by atoms with E-state index in [4.69, 9.17) is 4.74 Å². The molecule has 0 fully saturated rings. The predicted molar refractivity (Wildman–Crippen MR) is 85.7 cm³/mol. The normalized spacial score (nSPS) is 22.8. The number of nitrogens with one attached hydrogen (secondary N) is 1. The summed E-state index contributed by atoms with van der Waals surface area (Å²) < 4.78 is 4.96. The number of benzene rings is 1. The summed E-state index contributed by atoms with van der Waals surface area (Å²) in [4.78, 5) is 28.8. The third kappa shape index (κ3) is 3.06. The molecule has 2 aliphatic heterocycles. The molecule has 0 saturated carbocycles. The first kappa shape index (κ1) is 14.8. The Kier molecular flexibility index (Phi) is 4.29.